The maximum Gasteiger partial charge on any atom is 0.329 e. The fourth-order valence-electron chi connectivity index (χ4n) is 5.07. The average molecular weight is 395 g/mol. The summed E-state index contributed by atoms with van der Waals surface area (Å²) in [6.45, 7) is 1.97. The Balaban J connectivity index is 1.65. The number of hydrogen-bond donors (Lipinski definition) is 2. The van der Waals surface area contributed by atoms with Crippen molar-refractivity contribution in [1.29, 1.82) is 0 Å². The van der Waals surface area contributed by atoms with Crippen LogP contribution in [0.3, 0.4) is 0 Å². The topological polar surface area (TPSA) is 78.3 Å². The number of halogens is 3. The van der Waals surface area contributed by atoms with Gasteiger partial charge in [0, 0.05) is 37.0 Å². The molecule has 0 radical (unpaired) electrons. The van der Waals surface area contributed by atoms with E-state index in [1.807, 2.05) is 0 Å². The number of aliphatic hydroxyl groups excluding tert-OH is 1. The molecule has 3 fully saturated rings. The molecule has 1 aromatic carbocycles. The molecule has 28 heavy (non-hydrogen) atoms. The van der Waals surface area contributed by atoms with Gasteiger partial charge in [-0.3, -0.25) is 14.3 Å². The van der Waals surface area contributed by atoms with Crippen molar-refractivity contribution < 1.29 is 18.3 Å². The van der Waals surface area contributed by atoms with Gasteiger partial charge in [0.25, 0.3) is 11.5 Å². The third-order valence-electron chi connectivity index (χ3n) is 6.48. The van der Waals surface area contributed by atoms with Gasteiger partial charge < -0.3 is 10.0 Å². The van der Waals surface area contributed by atoms with Crippen molar-refractivity contribution in [2.75, 3.05) is 18.0 Å². The second kappa shape index (κ2) is 5.62. The molecule has 2 heterocycles. The Bertz CT molecular complexity index is 1110. The number of H-pyrrole nitrogens is 1. The molecule has 2 N–H and O–H groups in total. The Morgan fingerprint density at radius 1 is 1.25 bits per heavy atom. The molecule has 6 nitrogen and oxygen atoms in total. The van der Waals surface area contributed by atoms with Gasteiger partial charge in [-0.15, -0.1) is 0 Å². The summed E-state index contributed by atoms with van der Waals surface area (Å²) in [6.07, 6.45) is -0.542. The van der Waals surface area contributed by atoms with Crippen molar-refractivity contribution in [2.45, 2.75) is 44.3 Å². The molecule has 150 valence electrons. The van der Waals surface area contributed by atoms with E-state index in [1.54, 1.807) is 11.8 Å². The summed E-state index contributed by atoms with van der Waals surface area (Å²) in [5.41, 5.74) is -0.0912. The second-order valence-electron chi connectivity index (χ2n) is 8.33. The maximum absolute atomic E-state index is 15.0. The SMILES string of the molecule is Cc1c(N2CC3CC(F)(F)C(O)C3C2)c(F)cc2c(=O)[nH]c(=O)n(C3CC3)c12. The Morgan fingerprint density at radius 3 is 2.61 bits per heavy atom. The zero-order valence-corrected chi connectivity index (χ0v) is 15.2. The van der Waals surface area contributed by atoms with E-state index in [2.05, 4.69) is 4.98 Å². The zero-order chi connectivity index (χ0) is 20.0. The summed E-state index contributed by atoms with van der Waals surface area (Å²) in [5, 5.41) is 10.0. The molecule has 9 heteroatoms. The smallest absolute Gasteiger partial charge is 0.329 e. The van der Waals surface area contributed by atoms with Crippen molar-refractivity contribution in [3.63, 3.8) is 0 Å². The number of alkyl halides is 2. The summed E-state index contributed by atoms with van der Waals surface area (Å²) in [5.74, 6) is -4.80. The van der Waals surface area contributed by atoms with Gasteiger partial charge in [0.2, 0.25) is 0 Å². The number of benzene rings is 1. The fourth-order valence-corrected chi connectivity index (χ4v) is 5.07. The number of rotatable bonds is 2. The van der Waals surface area contributed by atoms with Crippen molar-refractivity contribution >= 4 is 16.6 Å². The van der Waals surface area contributed by atoms with E-state index in [-0.39, 0.29) is 30.2 Å². The van der Waals surface area contributed by atoms with Crippen LogP contribution in [0.25, 0.3) is 10.9 Å². The van der Waals surface area contributed by atoms with Crippen molar-refractivity contribution in [3.05, 3.63) is 38.3 Å². The molecule has 5 rings (SSSR count). The van der Waals surface area contributed by atoms with Crippen LogP contribution in [0.1, 0.15) is 30.9 Å². The molecule has 0 spiro atoms. The van der Waals surface area contributed by atoms with Gasteiger partial charge in [-0.1, -0.05) is 0 Å². The number of nitrogens with one attached hydrogen (secondary N) is 1. The van der Waals surface area contributed by atoms with Crippen LogP contribution in [0, 0.1) is 24.6 Å². The largest absolute Gasteiger partial charge is 0.386 e. The minimum atomic E-state index is -3.11. The van der Waals surface area contributed by atoms with Gasteiger partial charge in [-0.25, -0.2) is 18.0 Å². The lowest BCUT2D eigenvalue weighted by Gasteiger charge is -2.26. The van der Waals surface area contributed by atoms with E-state index in [0.29, 0.717) is 11.1 Å². The third kappa shape index (κ3) is 2.38. The van der Waals surface area contributed by atoms with E-state index in [1.165, 1.54) is 4.57 Å². The highest BCUT2D eigenvalue weighted by molar-refractivity contribution is 5.87. The number of aromatic amines is 1. The van der Waals surface area contributed by atoms with Gasteiger partial charge in [0.15, 0.2) is 0 Å². The van der Waals surface area contributed by atoms with Gasteiger partial charge >= 0.3 is 5.69 Å². The van der Waals surface area contributed by atoms with Gasteiger partial charge in [0.05, 0.1) is 16.6 Å². The van der Waals surface area contributed by atoms with Crippen LogP contribution in [0.4, 0.5) is 18.9 Å². The lowest BCUT2D eigenvalue weighted by atomic mass is 9.99. The standard InChI is InChI=1S/C19H20F3N3O3/c1-8-14-11(17(27)23-18(28)25(14)10-2-3-10)4-13(20)15(8)24-6-9-5-19(21,22)16(26)12(9)7-24/h4,9-10,12,16,26H,2-3,5-7H2,1H3,(H,23,27,28). The Hall–Kier alpha value is -2.29. The Kier molecular flexibility index (Phi) is 3.57. The van der Waals surface area contributed by atoms with Crippen LogP contribution < -0.4 is 16.1 Å². The number of aryl methyl sites for hydroxylation is 1. The highest BCUT2D eigenvalue weighted by Gasteiger charge is 2.57. The van der Waals surface area contributed by atoms with Gasteiger partial charge in [-0.05, 0) is 31.7 Å². The first kappa shape index (κ1) is 17.8. The van der Waals surface area contributed by atoms with Gasteiger partial charge in [0.1, 0.15) is 11.9 Å². The molecular weight excluding hydrogens is 375 g/mol. The predicted molar refractivity (Wildman–Crippen MR) is 96.6 cm³/mol. The summed E-state index contributed by atoms with van der Waals surface area (Å²) < 4.78 is 44.1. The molecule has 2 aliphatic carbocycles. The van der Waals surface area contributed by atoms with Crippen molar-refractivity contribution in [3.8, 4) is 0 Å². The number of anilines is 1. The summed E-state index contributed by atoms with van der Waals surface area (Å²) in [7, 11) is 0. The van der Waals surface area contributed by atoms with Crippen LogP contribution in [0.15, 0.2) is 15.7 Å². The quantitative estimate of drug-likeness (QED) is 0.815. The molecule has 1 aliphatic heterocycles. The second-order valence-corrected chi connectivity index (χ2v) is 8.33. The number of nitrogens with zero attached hydrogens (tertiary/aromatic N) is 2. The normalized spacial score (nSPS) is 28.9. The van der Waals surface area contributed by atoms with E-state index in [0.717, 1.165) is 18.9 Å². The predicted octanol–water partition coefficient (Wildman–Crippen LogP) is 1.92. The number of fused-ring (bicyclic) bond motifs is 2. The molecule has 2 saturated carbocycles. The minimum absolute atomic E-state index is 0.0256. The number of aromatic nitrogens is 2. The number of hydrogen-bond acceptors (Lipinski definition) is 4. The summed E-state index contributed by atoms with van der Waals surface area (Å²) in [6, 6.07) is 1.09. The molecule has 3 aliphatic rings. The molecule has 3 unspecified atom stereocenters. The highest BCUT2D eigenvalue weighted by Crippen LogP contribution is 2.49. The Labute approximate surface area is 157 Å². The molecule has 2 aromatic rings. The van der Waals surface area contributed by atoms with E-state index >= 15 is 0 Å². The van der Waals surface area contributed by atoms with E-state index in [9.17, 15) is 27.9 Å². The lowest BCUT2D eigenvalue weighted by Crippen LogP contribution is -2.36. The van der Waals surface area contributed by atoms with E-state index < -0.39 is 47.3 Å². The maximum atomic E-state index is 15.0. The summed E-state index contributed by atoms with van der Waals surface area (Å²) >= 11 is 0. The molecule has 1 aromatic heterocycles. The van der Waals surface area contributed by atoms with Crippen molar-refractivity contribution in [2.24, 2.45) is 11.8 Å². The highest BCUT2D eigenvalue weighted by atomic mass is 19.3. The Morgan fingerprint density at radius 2 is 1.96 bits per heavy atom. The average Bonchev–Trinajstić information content (AvgIpc) is 3.32. The third-order valence-corrected chi connectivity index (χ3v) is 6.48. The van der Waals surface area contributed by atoms with Crippen LogP contribution in [-0.2, 0) is 0 Å². The van der Waals surface area contributed by atoms with Crippen LogP contribution in [-0.4, -0.2) is 39.8 Å². The first-order valence-corrected chi connectivity index (χ1v) is 9.47. The summed E-state index contributed by atoms with van der Waals surface area (Å²) in [4.78, 5) is 28.5. The zero-order valence-electron chi connectivity index (χ0n) is 15.2. The fraction of sp³-hybridized carbons (Fsp3) is 0.579. The molecule has 1 saturated heterocycles. The number of aliphatic hydroxyl groups is 1. The molecule has 0 amide bonds. The first-order valence-electron chi connectivity index (χ1n) is 9.47. The minimum Gasteiger partial charge on any atom is -0.386 e. The van der Waals surface area contributed by atoms with Crippen LogP contribution in [0.2, 0.25) is 0 Å². The molecular formula is C19H20F3N3O3. The molecule has 3 atom stereocenters. The van der Waals surface area contributed by atoms with Crippen LogP contribution >= 0.6 is 0 Å². The first-order chi connectivity index (χ1) is 13.2. The molecule has 0 bridgehead atoms. The lowest BCUT2D eigenvalue weighted by molar-refractivity contribution is -0.0973. The monoisotopic (exact) mass is 395 g/mol. The van der Waals surface area contributed by atoms with E-state index in [4.69, 9.17) is 0 Å². The van der Waals surface area contributed by atoms with Crippen LogP contribution in [0.5, 0.6) is 0 Å². The van der Waals surface area contributed by atoms with Gasteiger partial charge in [-0.2, -0.15) is 0 Å². The van der Waals surface area contributed by atoms with Crippen molar-refractivity contribution in [1.82, 2.24) is 9.55 Å².